The van der Waals surface area contributed by atoms with E-state index in [-0.39, 0.29) is 0 Å². The van der Waals surface area contributed by atoms with Crippen LogP contribution in [0.15, 0.2) is 12.3 Å². The van der Waals surface area contributed by atoms with Crippen LogP contribution in [-0.2, 0) is 0 Å². The summed E-state index contributed by atoms with van der Waals surface area (Å²) in [7, 11) is 0. The monoisotopic (exact) mass is 125 g/mol. The van der Waals surface area contributed by atoms with Crippen molar-refractivity contribution in [2.45, 2.75) is 26.2 Å². The highest BCUT2D eigenvalue weighted by atomic mass is 14.9. The van der Waals surface area contributed by atoms with Gasteiger partial charge in [0, 0.05) is 12.2 Å². The summed E-state index contributed by atoms with van der Waals surface area (Å²) in [5, 5.41) is 3.25. The van der Waals surface area contributed by atoms with Crippen molar-refractivity contribution in [2.75, 3.05) is 6.54 Å². The first kappa shape index (κ1) is 6.66. The van der Waals surface area contributed by atoms with Gasteiger partial charge in [-0.15, -0.1) is 0 Å². The molecule has 0 aliphatic heterocycles. The van der Waals surface area contributed by atoms with Crippen molar-refractivity contribution in [2.24, 2.45) is 5.92 Å². The maximum absolute atomic E-state index is 3.96. The SMILES string of the molecule is C=C(NCC)C1CCC1. The maximum atomic E-state index is 3.96. The molecule has 1 heteroatoms. The third-order valence-electron chi connectivity index (χ3n) is 2.00. The molecule has 0 spiro atoms. The summed E-state index contributed by atoms with van der Waals surface area (Å²) in [6, 6.07) is 0. The number of rotatable bonds is 3. The van der Waals surface area contributed by atoms with E-state index < -0.39 is 0 Å². The van der Waals surface area contributed by atoms with Crippen molar-refractivity contribution in [3.05, 3.63) is 12.3 Å². The molecule has 0 aromatic heterocycles. The van der Waals surface area contributed by atoms with Gasteiger partial charge in [0.15, 0.2) is 0 Å². The van der Waals surface area contributed by atoms with E-state index in [1.165, 1.54) is 25.0 Å². The molecule has 0 aromatic carbocycles. The third kappa shape index (κ3) is 1.47. The Morgan fingerprint density at radius 2 is 2.33 bits per heavy atom. The highest BCUT2D eigenvalue weighted by Gasteiger charge is 2.19. The molecule has 1 N–H and O–H groups in total. The van der Waals surface area contributed by atoms with Crippen LogP contribution in [0.3, 0.4) is 0 Å². The number of nitrogens with one attached hydrogen (secondary N) is 1. The highest BCUT2D eigenvalue weighted by molar-refractivity contribution is 5.01. The number of hydrogen-bond donors (Lipinski definition) is 1. The lowest BCUT2D eigenvalue weighted by Crippen LogP contribution is -2.23. The Bertz CT molecular complexity index is 103. The summed E-state index contributed by atoms with van der Waals surface area (Å²) in [5.41, 5.74) is 1.25. The Morgan fingerprint density at radius 3 is 2.67 bits per heavy atom. The van der Waals surface area contributed by atoms with Crippen LogP contribution in [0.4, 0.5) is 0 Å². The van der Waals surface area contributed by atoms with E-state index in [4.69, 9.17) is 0 Å². The molecule has 0 bridgehead atoms. The van der Waals surface area contributed by atoms with E-state index in [1.807, 2.05) is 0 Å². The summed E-state index contributed by atoms with van der Waals surface area (Å²) in [6.45, 7) is 7.09. The lowest BCUT2D eigenvalue weighted by atomic mass is 9.83. The Kier molecular flexibility index (Phi) is 2.15. The van der Waals surface area contributed by atoms with Crippen molar-refractivity contribution < 1.29 is 0 Å². The second-order valence-electron chi connectivity index (χ2n) is 2.68. The first-order chi connectivity index (χ1) is 4.34. The van der Waals surface area contributed by atoms with Crippen LogP contribution in [-0.4, -0.2) is 6.54 Å². The molecule has 52 valence electrons. The molecular weight excluding hydrogens is 110 g/mol. The minimum atomic E-state index is 0.796. The fraction of sp³-hybridized carbons (Fsp3) is 0.750. The first-order valence-corrected chi connectivity index (χ1v) is 3.77. The van der Waals surface area contributed by atoms with E-state index in [2.05, 4.69) is 18.8 Å². The minimum Gasteiger partial charge on any atom is -0.389 e. The molecule has 0 saturated heterocycles. The molecule has 0 amide bonds. The van der Waals surface area contributed by atoms with Crippen LogP contribution >= 0.6 is 0 Å². The number of allylic oxidation sites excluding steroid dienone is 1. The van der Waals surface area contributed by atoms with Gasteiger partial charge < -0.3 is 5.32 Å². The van der Waals surface area contributed by atoms with E-state index in [1.54, 1.807) is 0 Å². The van der Waals surface area contributed by atoms with Gasteiger partial charge in [0.1, 0.15) is 0 Å². The molecule has 0 heterocycles. The smallest absolute Gasteiger partial charge is 0.0115 e. The normalized spacial score (nSPS) is 18.8. The van der Waals surface area contributed by atoms with Crippen molar-refractivity contribution in [1.29, 1.82) is 0 Å². The molecule has 0 unspecified atom stereocenters. The summed E-state index contributed by atoms with van der Waals surface area (Å²) >= 11 is 0. The van der Waals surface area contributed by atoms with Crippen LogP contribution in [0, 0.1) is 5.92 Å². The zero-order chi connectivity index (χ0) is 6.69. The Balaban J connectivity index is 2.16. The maximum Gasteiger partial charge on any atom is 0.0115 e. The number of hydrogen-bond acceptors (Lipinski definition) is 1. The molecule has 1 aliphatic carbocycles. The van der Waals surface area contributed by atoms with Crippen LogP contribution in [0.2, 0.25) is 0 Å². The van der Waals surface area contributed by atoms with Crippen molar-refractivity contribution in [3.63, 3.8) is 0 Å². The van der Waals surface area contributed by atoms with Crippen LogP contribution < -0.4 is 5.32 Å². The largest absolute Gasteiger partial charge is 0.389 e. The molecule has 0 aromatic rings. The molecule has 1 rings (SSSR count). The van der Waals surface area contributed by atoms with Gasteiger partial charge in [-0.3, -0.25) is 0 Å². The van der Waals surface area contributed by atoms with E-state index >= 15 is 0 Å². The molecule has 1 saturated carbocycles. The molecule has 0 atom stereocenters. The first-order valence-electron chi connectivity index (χ1n) is 3.77. The van der Waals surface area contributed by atoms with Crippen LogP contribution in [0.1, 0.15) is 26.2 Å². The summed E-state index contributed by atoms with van der Waals surface area (Å²) in [5.74, 6) is 0.796. The molecular formula is C8H15N. The highest BCUT2D eigenvalue weighted by Crippen LogP contribution is 2.30. The molecule has 9 heavy (non-hydrogen) atoms. The quantitative estimate of drug-likeness (QED) is 0.607. The van der Waals surface area contributed by atoms with Gasteiger partial charge in [-0.1, -0.05) is 13.0 Å². The summed E-state index contributed by atoms with van der Waals surface area (Å²) in [4.78, 5) is 0. The predicted molar refractivity (Wildman–Crippen MR) is 40.2 cm³/mol. The average molecular weight is 125 g/mol. The lowest BCUT2D eigenvalue weighted by molar-refractivity contribution is 0.352. The van der Waals surface area contributed by atoms with Gasteiger partial charge >= 0.3 is 0 Å². The zero-order valence-corrected chi connectivity index (χ0v) is 6.11. The average Bonchev–Trinajstić information content (AvgIpc) is 1.60. The second-order valence-corrected chi connectivity index (χ2v) is 2.68. The van der Waals surface area contributed by atoms with Crippen molar-refractivity contribution in [3.8, 4) is 0 Å². The third-order valence-corrected chi connectivity index (χ3v) is 2.00. The fourth-order valence-corrected chi connectivity index (χ4v) is 1.13. The van der Waals surface area contributed by atoms with Gasteiger partial charge in [-0.25, -0.2) is 0 Å². The zero-order valence-electron chi connectivity index (χ0n) is 6.11. The van der Waals surface area contributed by atoms with Gasteiger partial charge in [-0.05, 0) is 25.7 Å². The Hall–Kier alpha value is -0.460. The Morgan fingerprint density at radius 1 is 1.67 bits per heavy atom. The molecule has 1 fully saturated rings. The van der Waals surface area contributed by atoms with Gasteiger partial charge in [0.2, 0.25) is 0 Å². The Labute approximate surface area is 57.1 Å². The fourth-order valence-electron chi connectivity index (χ4n) is 1.13. The van der Waals surface area contributed by atoms with E-state index in [0.717, 1.165) is 12.5 Å². The summed E-state index contributed by atoms with van der Waals surface area (Å²) in [6.07, 6.45) is 4.10. The standard InChI is InChI=1S/C8H15N/c1-3-9-7(2)8-5-4-6-8/h8-9H,2-6H2,1H3. The van der Waals surface area contributed by atoms with E-state index in [9.17, 15) is 0 Å². The van der Waals surface area contributed by atoms with E-state index in [0.29, 0.717) is 0 Å². The lowest BCUT2D eigenvalue weighted by Gasteiger charge is -2.27. The predicted octanol–water partition coefficient (Wildman–Crippen LogP) is 1.91. The van der Waals surface area contributed by atoms with Crippen LogP contribution in [0.5, 0.6) is 0 Å². The van der Waals surface area contributed by atoms with Crippen LogP contribution in [0.25, 0.3) is 0 Å². The molecule has 1 aliphatic rings. The van der Waals surface area contributed by atoms with Crippen molar-refractivity contribution in [1.82, 2.24) is 5.32 Å². The van der Waals surface area contributed by atoms with Gasteiger partial charge in [-0.2, -0.15) is 0 Å². The molecule has 1 nitrogen and oxygen atoms in total. The van der Waals surface area contributed by atoms with Gasteiger partial charge in [0.05, 0.1) is 0 Å². The minimum absolute atomic E-state index is 0.796. The second kappa shape index (κ2) is 2.90. The van der Waals surface area contributed by atoms with Gasteiger partial charge in [0.25, 0.3) is 0 Å². The summed E-state index contributed by atoms with van der Waals surface area (Å²) < 4.78 is 0. The van der Waals surface area contributed by atoms with Crippen molar-refractivity contribution >= 4 is 0 Å². The topological polar surface area (TPSA) is 12.0 Å². The molecule has 0 radical (unpaired) electrons.